The number of hydrogen-bond donors (Lipinski definition) is 1. The molecule has 1 heterocycles. The number of nitrogens with two attached hydrogens (primary N) is 1. The molecule has 0 atom stereocenters. The standard InChI is InChI=1S/C17H14N2/c18-15-9-5-13(6-10-15)7-11-16-12-8-14-3-1-2-4-17(14)19-16/h1-12H,18H2/b11-7-. The van der Waals surface area contributed by atoms with E-state index >= 15 is 0 Å². The summed E-state index contributed by atoms with van der Waals surface area (Å²) >= 11 is 0. The summed E-state index contributed by atoms with van der Waals surface area (Å²) < 4.78 is 0. The van der Waals surface area contributed by atoms with Gasteiger partial charge in [-0.05, 0) is 35.9 Å². The molecule has 0 aliphatic carbocycles. The Balaban J connectivity index is 1.90. The van der Waals surface area contributed by atoms with E-state index in [1.807, 2.05) is 60.7 Å². The molecule has 2 N–H and O–H groups in total. The van der Waals surface area contributed by atoms with Crippen molar-refractivity contribution in [2.24, 2.45) is 0 Å². The molecular formula is C17H14N2. The van der Waals surface area contributed by atoms with Crippen molar-refractivity contribution in [3.05, 3.63) is 71.9 Å². The van der Waals surface area contributed by atoms with Gasteiger partial charge in [-0.15, -0.1) is 0 Å². The summed E-state index contributed by atoms with van der Waals surface area (Å²) in [5.41, 5.74) is 9.52. The normalized spacial score (nSPS) is 11.2. The van der Waals surface area contributed by atoms with Crippen LogP contribution in [0.4, 0.5) is 5.69 Å². The van der Waals surface area contributed by atoms with E-state index < -0.39 is 0 Å². The van der Waals surface area contributed by atoms with Gasteiger partial charge in [0, 0.05) is 11.1 Å². The van der Waals surface area contributed by atoms with Crippen LogP contribution in [-0.4, -0.2) is 4.98 Å². The second kappa shape index (κ2) is 4.94. The summed E-state index contributed by atoms with van der Waals surface area (Å²) in [6, 6.07) is 20.0. The molecule has 1 aromatic heterocycles. The zero-order valence-electron chi connectivity index (χ0n) is 10.5. The molecule has 2 aromatic carbocycles. The molecule has 0 radical (unpaired) electrons. The predicted molar refractivity (Wildman–Crippen MR) is 81.5 cm³/mol. The van der Waals surface area contributed by atoms with Crippen LogP contribution in [0.1, 0.15) is 11.3 Å². The molecule has 0 aliphatic rings. The minimum Gasteiger partial charge on any atom is -0.399 e. The topological polar surface area (TPSA) is 38.9 Å². The molecule has 0 amide bonds. The highest BCUT2D eigenvalue weighted by molar-refractivity contribution is 5.80. The number of para-hydroxylation sites is 1. The van der Waals surface area contributed by atoms with Crippen LogP contribution in [0.15, 0.2) is 60.7 Å². The summed E-state index contributed by atoms with van der Waals surface area (Å²) in [5, 5.41) is 1.16. The number of nitrogen functional groups attached to an aromatic ring is 1. The monoisotopic (exact) mass is 246 g/mol. The van der Waals surface area contributed by atoms with Crippen LogP contribution in [-0.2, 0) is 0 Å². The van der Waals surface area contributed by atoms with Gasteiger partial charge in [0.2, 0.25) is 0 Å². The first-order valence-corrected chi connectivity index (χ1v) is 6.21. The van der Waals surface area contributed by atoms with Crippen molar-refractivity contribution in [3.8, 4) is 0 Å². The van der Waals surface area contributed by atoms with Crippen molar-refractivity contribution in [2.75, 3.05) is 5.73 Å². The lowest BCUT2D eigenvalue weighted by molar-refractivity contribution is 1.37. The Kier molecular flexibility index (Phi) is 2.99. The van der Waals surface area contributed by atoms with Crippen LogP contribution < -0.4 is 5.73 Å². The average Bonchev–Trinajstić information content (AvgIpc) is 2.46. The third-order valence-corrected chi connectivity index (χ3v) is 3.00. The molecule has 19 heavy (non-hydrogen) atoms. The van der Waals surface area contributed by atoms with Crippen LogP contribution in [0.5, 0.6) is 0 Å². The van der Waals surface area contributed by atoms with E-state index in [2.05, 4.69) is 17.1 Å². The molecule has 2 heteroatoms. The second-order valence-electron chi connectivity index (χ2n) is 4.43. The van der Waals surface area contributed by atoms with E-state index in [4.69, 9.17) is 5.73 Å². The maximum absolute atomic E-state index is 5.66. The largest absolute Gasteiger partial charge is 0.399 e. The van der Waals surface area contributed by atoms with Crippen molar-refractivity contribution >= 4 is 28.7 Å². The number of rotatable bonds is 2. The molecule has 3 rings (SSSR count). The Bertz CT molecular complexity index is 728. The van der Waals surface area contributed by atoms with Gasteiger partial charge in [0.15, 0.2) is 0 Å². The second-order valence-corrected chi connectivity index (χ2v) is 4.43. The highest BCUT2D eigenvalue weighted by Gasteiger charge is 1.94. The number of benzene rings is 2. The van der Waals surface area contributed by atoms with Crippen molar-refractivity contribution in [2.45, 2.75) is 0 Å². The van der Waals surface area contributed by atoms with E-state index in [1.54, 1.807) is 0 Å². The fraction of sp³-hybridized carbons (Fsp3) is 0. The Morgan fingerprint density at radius 1 is 0.789 bits per heavy atom. The van der Waals surface area contributed by atoms with Crippen molar-refractivity contribution < 1.29 is 0 Å². The molecule has 0 bridgehead atoms. The van der Waals surface area contributed by atoms with Crippen LogP contribution in [0.25, 0.3) is 23.1 Å². The first-order chi connectivity index (χ1) is 9.31. The lowest BCUT2D eigenvalue weighted by Gasteiger charge is -1.99. The Hall–Kier alpha value is -2.61. The molecule has 2 nitrogen and oxygen atoms in total. The fourth-order valence-corrected chi connectivity index (χ4v) is 1.96. The van der Waals surface area contributed by atoms with Gasteiger partial charge in [0.25, 0.3) is 0 Å². The summed E-state index contributed by atoms with van der Waals surface area (Å²) in [6.45, 7) is 0. The van der Waals surface area contributed by atoms with Crippen LogP contribution in [0.2, 0.25) is 0 Å². The van der Waals surface area contributed by atoms with Gasteiger partial charge < -0.3 is 5.73 Å². The van der Waals surface area contributed by atoms with Gasteiger partial charge in [0.05, 0.1) is 11.2 Å². The number of pyridine rings is 1. The van der Waals surface area contributed by atoms with Gasteiger partial charge in [-0.25, -0.2) is 4.98 Å². The van der Waals surface area contributed by atoms with E-state index in [-0.39, 0.29) is 0 Å². The number of aromatic nitrogens is 1. The quantitative estimate of drug-likeness (QED) is 0.694. The van der Waals surface area contributed by atoms with Crippen LogP contribution in [0.3, 0.4) is 0 Å². The molecule has 0 saturated carbocycles. The zero-order chi connectivity index (χ0) is 13.1. The lowest BCUT2D eigenvalue weighted by Crippen LogP contribution is -1.84. The van der Waals surface area contributed by atoms with E-state index in [9.17, 15) is 0 Å². The van der Waals surface area contributed by atoms with Gasteiger partial charge in [-0.3, -0.25) is 0 Å². The fourth-order valence-electron chi connectivity index (χ4n) is 1.96. The van der Waals surface area contributed by atoms with E-state index in [0.29, 0.717) is 0 Å². The number of anilines is 1. The summed E-state index contributed by atoms with van der Waals surface area (Å²) in [7, 11) is 0. The maximum atomic E-state index is 5.66. The molecular weight excluding hydrogens is 232 g/mol. The average molecular weight is 246 g/mol. The first-order valence-electron chi connectivity index (χ1n) is 6.21. The molecule has 0 spiro atoms. The van der Waals surface area contributed by atoms with Crippen molar-refractivity contribution in [3.63, 3.8) is 0 Å². The zero-order valence-corrected chi connectivity index (χ0v) is 10.5. The highest BCUT2D eigenvalue weighted by Crippen LogP contribution is 2.14. The molecule has 3 aromatic rings. The minimum atomic E-state index is 0.779. The predicted octanol–water partition coefficient (Wildman–Crippen LogP) is 3.99. The molecule has 0 aliphatic heterocycles. The van der Waals surface area contributed by atoms with Gasteiger partial charge in [-0.2, -0.15) is 0 Å². The van der Waals surface area contributed by atoms with E-state index in [0.717, 1.165) is 27.8 Å². The number of fused-ring (bicyclic) bond motifs is 1. The summed E-state index contributed by atoms with van der Waals surface area (Å²) in [4.78, 5) is 4.60. The number of hydrogen-bond acceptors (Lipinski definition) is 2. The SMILES string of the molecule is Nc1ccc(/C=C\c2ccc3ccccc3n2)cc1. The van der Waals surface area contributed by atoms with Crippen molar-refractivity contribution in [1.82, 2.24) is 4.98 Å². The summed E-state index contributed by atoms with van der Waals surface area (Å²) in [6.07, 6.45) is 4.05. The van der Waals surface area contributed by atoms with Crippen LogP contribution >= 0.6 is 0 Å². The Morgan fingerprint density at radius 2 is 1.58 bits per heavy atom. The maximum Gasteiger partial charge on any atom is 0.0709 e. The smallest absolute Gasteiger partial charge is 0.0709 e. The third kappa shape index (κ3) is 2.63. The minimum absolute atomic E-state index is 0.779. The van der Waals surface area contributed by atoms with Crippen LogP contribution in [0, 0.1) is 0 Å². The molecule has 0 saturated heterocycles. The summed E-state index contributed by atoms with van der Waals surface area (Å²) in [5.74, 6) is 0. The van der Waals surface area contributed by atoms with E-state index in [1.165, 1.54) is 0 Å². The lowest BCUT2D eigenvalue weighted by atomic mass is 10.1. The van der Waals surface area contributed by atoms with Crippen molar-refractivity contribution in [1.29, 1.82) is 0 Å². The highest BCUT2D eigenvalue weighted by atomic mass is 14.7. The molecule has 0 unspecified atom stereocenters. The number of nitrogens with zero attached hydrogens (tertiary/aromatic N) is 1. The molecule has 92 valence electrons. The van der Waals surface area contributed by atoms with Gasteiger partial charge in [0.1, 0.15) is 0 Å². The van der Waals surface area contributed by atoms with Gasteiger partial charge in [-0.1, -0.05) is 42.5 Å². The molecule has 0 fully saturated rings. The Labute approximate surface area is 112 Å². The first kappa shape index (κ1) is 11.5. The Morgan fingerprint density at radius 3 is 2.42 bits per heavy atom. The van der Waals surface area contributed by atoms with Gasteiger partial charge >= 0.3 is 0 Å². The third-order valence-electron chi connectivity index (χ3n) is 3.00.